The molecular formula is C19H24ClN5O2. The van der Waals surface area contributed by atoms with Gasteiger partial charge in [0.05, 0.1) is 17.6 Å². The van der Waals surface area contributed by atoms with Crippen molar-refractivity contribution in [2.45, 2.75) is 38.8 Å². The molecule has 8 heteroatoms. The number of hydrogen-bond acceptors (Lipinski definition) is 3. The average molecular weight is 390 g/mol. The quantitative estimate of drug-likeness (QED) is 0.822. The molecule has 1 aliphatic rings. The second kappa shape index (κ2) is 8.90. The molecule has 7 nitrogen and oxygen atoms in total. The van der Waals surface area contributed by atoms with Crippen LogP contribution in [-0.4, -0.2) is 45.5 Å². The van der Waals surface area contributed by atoms with Gasteiger partial charge < -0.3 is 20.1 Å². The molecule has 2 aromatic rings. The number of anilines is 1. The van der Waals surface area contributed by atoms with E-state index in [-0.39, 0.29) is 18.0 Å². The molecule has 0 aliphatic carbocycles. The number of amides is 3. The van der Waals surface area contributed by atoms with Crippen LogP contribution in [0.1, 0.15) is 36.5 Å². The number of benzene rings is 1. The molecule has 3 rings (SSSR count). The molecule has 0 saturated carbocycles. The lowest BCUT2D eigenvalue weighted by Crippen LogP contribution is -2.39. The molecule has 2 N–H and O–H groups in total. The van der Waals surface area contributed by atoms with E-state index in [1.807, 2.05) is 22.6 Å². The van der Waals surface area contributed by atoms with Crippen LogP contribution in [0.5, 0.6) is 0 Å². The number of carbonyl (C=O) groups is 2. The maximum atomic E-state index is 12.8. The smallest absolute Gasteiger partial charge is 0.319 e. The van der Waals surface area contributed by atoms with Crippen molar-refractivity contribution in [3.63, 3.8) is 0 Å². The summed E-state index contributed by atoms with van der Waals surface area (Å²) in [6.07, 6.45) is 8.39. The van der Waals surface area contributed by atoms with Gasteiger partial charge in [-0.3, -0.25) is 4.79 Å². The molecule has 2 heterocycles. The zero-order valence-corrected chi connectivity index (χ0v) is 16.1. The third-order valence-electron chi connectivity index (χ3n) is 4.52. The number of hydrogen-bond donors (Lipinski definition) is 2. The third-order valence-corrected chi connectivity index (χ3v) is 4.76. The summed E-state index contributed by atoms with van der Waals surface area (Å²) in [5.74, 6) is -0.0758. The molecule has 3 amide bonds. The van der Waals surface area contributed by atoms with E-state index in [1.54, 1.807) is 30.7 Å². The minimum atomic E-state index is -0.377. The van der Waals surface area contributed by atoms with E-state index in [0.29, 0.717) is 22.8 Å². The monoisotopic (exact) mass is 389 g/mol. The van der Waals surface area contributed by atoms with Crippen molar-refractivity contribution in [2.75, 3.05) is 18.4 Å². The van der Waals surface area contributed by atoms with E-state index < -0.39 is 0 Å². The Bertz CT molecular complexity index is 787. The fourth-order valence-electron chi connectivity index (χ4n) is 3.21. The van der Waals surface area contributed by atoms with Gasteiger partial charge in [0, 0.05) is 43.1 Å². The predicted octanol–water partition coefficient (Wildman–Crippen LogP) is 3.37. The molecule has 1 aromatic heterocycles. The molecule has 27 heavy (non-hydrogen) atoms. The van der Waals surface area contributed by atoms with Gasteiger partial charge in [-0.25, -0.2) is 9.78 Å². The van der Waals surface area contributed by atoms with Gasteiger partial charge >= 0.3 is 6.03 Å². The fourth-order valence-corrected chi connectivity index (χ4v) is 3.38. The van der Waals surface area contributed by atoms with E-state index >= 15 is 0 Å². The van der Waals surface area contributed by atoms with Crippen molar-refractivity contribution < 1.29 is 9.59 Å². The molecule has 1 atom stereocenters. The molecule has 0 radical (unpaired) electrons. The van der Waals surface area contributed by atoms with Gasteiger partial charge in [0.25, 0.3) is 5.91 Å². The first-order valence-corrected chi connectivity index (χ1v) is 9.53. The third kappa shape index (κ3) is 5.23. The number of nitrogens with one attached hydrogen (secondary N) is 2. The molecule has 1 unspecified atom stereocenters. The Labute approximate surface area is 163 Å². The Morgan fingerprint density at radius 2 is 2.04 bits per heavy atom. The second-order valence-electron chi connectivity index (χ2n) is 6.80. The molecule has 144 valence electrons. The van der Waals surface area contributed by atoms with Crippen LogP contribution >= 0.6 is 11.6 Å². The second-order valence-corrected chi connectivity index (χ2v) is 7.24. The fraction of sp³-hybridized carbons (Fsp3) is 0.421. The first-order chi connectivity index (χ1) is 13.0. The Morgan fingerprint density at radius 1 is 1.26 bits per heavy atom. The van der Waals surface area contributed by atoms with Crippen LogP contribution < -0.4 is 10.6 Å². The number of nitrogens with zero attached hydrogens (tertiary/aromatic N) is 3. The minimum Gasteiger partial charge on any atom is -0.339 e. The van der Waals surface area contributed by atoms with Crippen LogP contribution in [0.25, 0.3) is 0 Å². The largest absolute Gasteiger partial charge is 0.339 e. The molecular weight excluding hydrogens is 366 g/mol. The zero-order chi connectivity index (χ0) is 19.2. The number of urea groups is 1. The first kappa shape index (κ1) is 19.2. The molecule has 1 aliphatic heterocycles. The summed E-state index contributed by atoms with van der Waals surface area (Å²) in [7, 11) is 0. The van der Waals surface area contributed by atoms with Crippen LogP contribution in [0.15, 0.2) is 36.9 Å². The van der Waals surface area contributed by atoms with Crippen LogP contribution in [-0.2, 0) is 6.54 Å². The van der Waals surface area contributed by atoms with E-state index in [2.05, 4.69) is 15.6 Å². The number of halogens is 1. The van der Waals surface area contributed by atoms with Gasteiger partial charge in [-0.2, -0.15) is 0 Å². The van der Waals surface area contributed by atoms with Crippen molar-refractivity contribution in [1.29, 1.82) is 0 Å². The number of imidazole rings is 1. The molecule has 0 spiro atoms. The van der Waals surface area contributed by atoms with Gasteiger partial charge in [-0.1, -0.05) is 11.6 Å². The number of carbonyl (C=O) groups excluding carboxylic acids is 2. The van der Waals surface area contributed by atoms with Crippen molar-refractivity contribution in [3.05, 3.63) is 47.5 Å². The van der Waals surface area contributed by atoms with E-state index in [1.165, 1.54) is 0 Å². The maximum absolute atomic E-state index is 12.8. The van der Waals surface area contributed by atoms with Crippen LogP contribution in [0, 0.1) is 0 Å². The summed E-state index contributed by atoms with van der Waals surface area (Å²) in [5.41, 5.74) is 0.879. The van der Waals surface area contributed by atoms with E-state index in [0.717, 1.165) is 32.4 Å². The highest BCUT2D eigenvalue weighted by Crippen LogP contribution is 2.24. The Balaban J connectivity index is 1.66. The van der Waals surface area contributed by atoms with Gasteiger partial charge in [0.1, 0.15) is 0 Å². The van der Waals surface area contributed by atoms with Crippen LogP contribution in [0.2, 0.25) is 5.02 Å². The maximum Gasteiger partial charge on any atom is 0.319 e. The van der Waals surface area contributed by atoms with Crippen molar-refractivity contribution >= 4 is 29.2 Å². The van der Waals surface area contributed by atoms with Crippen LogP contribution in [0.3, 0.4) is 0 Å². The van der Waals surface area contributed by atoms with Gasteiger partial charge in [0.2, 0.25) is 0 Å². The number of rotatable bonds is 5. The standard InChI is InChI=1S/C19H24ClN5O2/c1-14(12-24-10-7-21-13-24)22-19(27)23-17-11-15(20)5-6-16(17)18(26)25-8-3-2-4-9-25/h5-7,10-11,13-14H,2-4,8-9,12H2,1H3,(H2,22,23,27). The van der Waals surface area contributed by atoms with E-state index in [4.69, 9.17) is 11.6 Å². The molecule has 0 bridgehead atoms. The number of likely N-dealkylation sites (tertiary alicyclic amines) is 1. The number of aromatic nitrogens is 2. The van der Waals surface area contributed by atoms with Gasteiger partial charge in [0.15, 0.2) is 0 Å². The normalized spacial score (nSPS) is 15.3. The zero-order valence-electron chi connectivity index (χ0n) is 15.3. The Hall–Kier alpha value is -2.54. The summed E-state index contributed by atoms with van der Waals surface area (Å²) >= 11 is 6.08. The molecule has 1 fully saturated rings. The topological polar surface area (TPSA) is 79.3 Å². The van der Waals surface area contributed by atoms with Gasteiger partial charge in [-0.15, -0.1) is 0 Å². The summed E-state index contributed by atoms with van der Waals surface area (Å²) < 4.78 is 1.88. The van der Waals surface area contributed by atoms with Gasteiger partial charge in [-0.05, 0) is 44.4 Å². The highest BCUT2D eigenvalue weighted by Gasteiger charge is 2.22. The predicted molar refractivity (Wildman–Crippen MR) is 105 cm³/mol. The molecule has 1 saturated heterocycles. The highest BCUT2D eigenvalue weighted by atomic mass is 35.5. The Morgan fingerprint density at radius 3 is 2.74 bits per heavy atom. The lowest BCUT2D eigenvalue weighted by molar-refractivity contribution is 0.0725. The molecule has 1 aromatic carbocycles. The highest BCUT2D eigenvalue weighted by molar-refractivity contribution is 6.31. The Kier molecular flexibility index (Phi) is 6.34. The number of piperidine rings is 1. The van der Waals surface area contributed by atoms with Crippen molar-refractivity contribution in [3.8, 4) is 0 Å². The van der Waals surface area contributed by atoms with E-state index in [9.17, 15) is 9.59 Å². The summed E-state index contributed by atoms with van der Waals surface area (Å²) in [5, 5.41) is 6.10. The summed E-state index contributed by atoms with van der Waals surface area (Å²) in [4.78, 5) is 31.1. The summed E-state index contributed by atoms with van der Waals surface area (Å²) in [6, 6.07) is 4.46. The lowest BCUT2D eigenvalue weighted by Gasteiger charge is -2.27. The summed E-state index contributed by atoms with van der Waals surface area (Å²) in [6.45, 7) is 3.99. The SMILES string of the molecule is CC(Cn1ccnc1)NC(=O)Nc1cc(Cl)ccc1C(=O)N1CCCCC1. The van der Waals surface area contributed by atoms with Crippen molar-refractivity contribution in [1.82, 2.24) is 19.8 Å². The van der Waals surface area contributed by atoms with Crippen LogP contribution in [0.4, 0.5) is 10.5 Å². The van der Waals surface area contributed by atoms with Crippen molar-refractivity contribution in [2.24, 2.45) is 0 Å². The average Bonchev–Trinajstić information content (AvgIpc) is 3.14. The lowest BCUT2D eigenvalue weighted by atomic mass is 10.1. The first-order valence-electron chi connectivity index (χ1n) is 9.15. The minimum absolute atomic E-state index is 0.0758.